The van der Waals surface area contributed by atoms with Crippen LogP contribution in [0.2, 0.25) is 0 Å². The van der Waals surface area contributed by atoms with Crippen molar-refractivity contribution in [1.82, 2.24) is 0 Å². The second kappa shape index (κ2) is 5.26. The normalized spacial score (nSPS) is 11.9. The van der Waals surface area contributed by atoms with Gasteiger partial charge in [0.25, 0.3) is 0 Å². The smallest absolute Gasteiger partial charge is 0.322 e. The molecule has 1 rings (SSSR count). The quantitative estimate of drug-likeness (QED) is 0.445. The highest BCUT2D eigenvalue weighted by molar-refractivity contribution is 5.75. The Morgan fingerprint density at radius 3 is 2.76 bits per heavy atom. The number of phenolic OH excluding ortho intramolecular Hbond substituents is 1. The zero-order valence-electron chi connectivity index (χ0n) is 9.12. The summed E-state index contributed by atoms with van der Waals surface area (Å²) in [5.74, 6) is -1.03. The number of carbonyl (C=O) groups excluding carboxylic acids is 1. The van der Waals surface area contributed by atoms with Gasteiger partial charge in [-0.05, 0) is 18.1 Å². The van der Waals surface area contributed by atoms with Gasteiger partial charge in [0, 0.05) is 6.07 Å². The molecule has 3 N–H and O–H groups in total. The Hall–Kier alpha value is -2.15. The molecular weight excluding hydrogens is 228 g/mol. The molecule has 0 aliphatic rings. The Morgan fingerprint density at radius 2 is 2.29 bits per heavy atom. The SMILES string of the molecule is COC(=O)C(N)Cc1ccc([N+](=O)[O-])c(O)c1. The van der Waals surface area contributed by atoms with Crippen LogP contribution in [-0.2, 0) is 16.0 Å². The molecule has 1 unspecified atom stereocenters. The molecule has 92 valence electrons. The van der Waals surface area contributed by atoms with Gasteiger partial charge in [0.2, 0.25) is 0 Å². The van der Waals surface area contributed by atoms with E-state index in [1.165, 1.54) is 19.2 Å². The molecule has 7 heteroatoms. The summed E-state index contributed by atoms with van der Waals surface area (Å²) in [5, 5.41) is 19.8. The van der Waals surface area contributed by atoms with Crippen molar-refractivity contribution in [3.05, 3.63) is 33.9 Å². The molecule has 0 heterocycles. The molecule has 1 aromatic carbocycles. The summed E-state index contributed by atoms with van der Waals surface area (Å²) in [5.41, 5.74) is 5.65. The van der Waals surface area contributed by atoms with Crippen LogP contribution < -0.4 is 5.73 Å². The maximum atomic E-state index is 11.1. The van der Waals surface area contributed by atoms with Crippen LogP contribution in [0.1, 0.15) is 5.56 Å². The first-order valence-electron chi connectivity index (χ1n) is 4.75. The number of nitro groups is 1. The second-order valence-corrected chi connectivity index (χ2v) is 3.41. The first kappa shape index (κ1) is 12.9. The third-order valence-corrected chi connectivity index (χ3v) is 2.20. The van der Waals surface area contributed by atoms with Gasteiger partial charge in [0.05, 0.1) is 12.0 Å². The molecule has 0 aromatic heterocycles. The van der Waals surface area contributed by atoms with Crippen LogP contribution in [0.5, 0.6) is 5.75 Å². The van der Waals surface area contributed by atoms with E-state index in [1.54, 1.807) is 0 Å². The fourth-order valence-corrected chi connectivity index (χ4v) is 1.34. The Kier molecular flexibility index (Phi) is 4.00. The van der Waals surface area contributed by atoms with E-state index in [0.29, 0.717) is 5.56 Å². The van der Waals surface area contributed by atoms with Gasteiger partial charge in [-0.15, -0.1) is 0 Å². The van der Waals surface area contributed by atoms with E-state index in [4.69, 9.17) is 5.73 Å². The van der Waals surface area contributed by atoms with Gasteiger partial charge >= 0.3 is 11.7 Å². The lowest BCUT2D eigenvalue weighted by molar-refractivity contribution is -0.385. The first-order chi connectivity index (χ1) is 7.95. The number of esters is 1. The van der Waals surface area contributed by atoms with E-state index in [-0.39, 0.29) is 12.1 Å². The number of benzene rings is 1. The summed E-state index contributed by atoms with van der Waals surface area (Å²) in [6.45, 7) is 0. The summed E-state index contributed by atoms with van der Waals surface area (Å²) >= 11 is 0. The highest BCUT2D eigenvalue weighted by atomic mass is 16.6. The molecule has 0 aliphatic carbocycles. The molecule has 0 spiro atoms. The van der Waals surface area contributed by atoms with Crippen molar-refractivity contribution < 1.29 is 19.6 Å². The lowest BCUT2D eigenvalue weighted by atomic mass is 10.1. The molecule has 7 nitrogen and oxygen atoms in total. The van der Waals surface area contributed by atoms with Crippen LogP contribution in [0.4, 0.5) is 5.69 Å². The number of nitrogens with zero attached hydrogens (tertiary/aromatic N) is 1. The average Bonchev–Trinajstić information content (AvgIpc) is 2.27. The van der Waals surface area contributed by atoms with E-state index in [1.807, 2.05) is 0 Å². The van der Waals surface area contributed by atoms with Crippen molar-refractivity contribution in [2.75, 3.05) is 7.11 Å². The van der Waals surface area contributed by atoms with Crippen molar-refractivity contribution in [3.8, 4) is 5.75 Å². The van der Waals surface area contributed by atoms with Crippen LogP contribution in [-0.4, -0.2) is 29.2 Å². The van der Waals surface area contributed by atoms with Gasteiger partial charge in [0.15, 0.2) is 5.75 Å². The summed E-state index contributed by atoms with van der Waals surface area (Å²) < 4.78 is 4.44. The summed E-state index contributed by atoms with van der Waals surface area (Å²) in [4.78, 5) is 20.8. The number of nitro benzene ring substituents is 1. The van der Waals surface area contributed by atoms with E-state index in [9.17, 15) is 20.0 Å². The molecule has 0 aliphatic heterocycles. The number of nitrogens with two attached hydrogens (primary N) is 1. The van der Waals surface area contributed by atoms with Crippen molar-refractivity contribution >= 4 is 11.7 Å². The van der Waals surface area contributed by atoms with Crippen LogP contribution in [0, 0.1) is 10.1 Å². The third-order valence-electron chi connectivity index (χ3n) is 2.20. The minimum Gasteiger partial charge on any atom is -0.502 e. The summed E-state index contributed by atoms with van der Waals surface area (Å²) in [7, 11) is 1.22. The first-order valence-corrected chi connectivity index (χ1v) is 4.75. The van der Waals surface area contributed by atoms with Crippen LogP contribution >= 0.6 is 0 Å². The van der Waals surface area contributed by atoms with Crippen molar-refractivity contribution in [2.24, 2.45) is 5.73 Å². The Labute approximate surface area is 97.0 Å². The number of rotatable bonds is 4. The van der Waals surface area contributed by atoms with Crippen molar-refractivity contribution in [1.29, 1.82) is 0 Å². The van der Waals surface area contributed by atoms with Crippen molar-refractivity contribution in [3.63, 3.8) is 0 Å². The molecule has 1 atom stereocenters. The zero-order chi connectivity index (χ0) is 13.0. The number of hydrogen-bond donors (Lipinski definition) is 2. The monoisotopic (exact) mass is 240 g/mol. The largest absolute Gasteiger partial charge is 0.502 e. The Balaban J connectivity index is 2.84. The third kappa shape index (κ3) is 3.15. The van der Waals surface area contributed by atoms with Gasteiger partial charge in [0.1, 0.15) is 6.04 Å². The maximum Gasteiger partial charge on any atom is 0.322 e. The van der Waals surface area contributed by atoms with E-state index < -0.39 is 22.7 Å². The number of carbonyl (C=O) groups is 1. The number of aromatic hydroxyl groups is 1. The topological polar surface area (TPSA) is 116 Å². The van der Waals surface area contributed by atoms with Gasteiger partial charge < -0.3 is 15.6 Å². The fraction of sp³-hybridized carbons (Fsp3) is 0.300. The predicted molar refractivity (Wildman–Crippen MR) is 58.5 cm³/mol. The number of hydrogen-bond acceptors (Lipinski definition) is 6. The molecule has 0 amide bonds. The van der Waals surface area contributed by atoms with Gasteiger partial charge in [-0.1, -0.05) is 6.07 Å². The van der Waals surface area contributed by atoms with Gasteiger partial charge in [-0.25, -0.2) is 0 Å². The van der Waals surface area contributed by atoms with Crippen molar-refractivity contribution in [2.45, 2.75) is 12.5 Å². The van der Waals surface area contributed by atoms with Crippen LogP contribution in [0.3, 0.4) is 0 Å². The lowest BCUT2D eigenvalue weighted by Gasteiger charge is -2.09. The van der Waals surface area contributed by atoms with Crippen LogP contribution in [0.25, 0.3) is 0 Å². The molecule has 0 radical (unpaired) electrons. The van der Waals surface area contributed by atoms with E-state index in [0.717, 1.165) is 6.07 Å². The molecule has 0 saturated heterocycles. The van der Waals surface area contributed by atoms with Gasteiger partial charge in [-0.3, -0.25) is 14.9 Å². The maximum absolute atomic E-state index is 11.1. The zero-order valence-corrected chi connectivity index (χ0v) is 9.12. The summed E-state index contributed by atoms with van der Waals surface area (Å²) in [6.07, 6.45) is 0.137. The molecule has 0 saturated carbocycles. The summed E-state index contributed by atoms with van der Waals surface area (Å²) in [6, 6.07) is 2.94. The molecule has 0 bridgehead atoms. The standard InChI is InChI=1S/C10H12N2O5/c1-17-10(14)7(11)4-6-2-3-8(12(15)16)9(13)5-6/h2-3,5,7,13H,4,11H2,1H3. The molecule has 17 heavy (non-hydrogen) atoms. The average molecular weight is 240 g/mol. The van der Waals surface area contributed by atoms with E-state index >= 15 is 0 Å². The Bertz CT molecular complexity index is 446. The number of ether oxygens (including phenoxy) is 1. The second-order valence-electron chi connectivity index (χ2n) is 3.41. The highest BCUT2D eigenvalue weighted by Gasteiger charge is 2.17. The number of phenols is 1. The molecule has 1 aromatic rings. The lowest BCUT2D eigenvalue weighted by Crippen LogP contribution is -2.33. The minimum atomic E-state index is -0.860. The fourth-order valence-electron chi connectivity index (χ4n) is 1.34. The minimum absolute atomic E-state index is 0.137. The predicted octanol–water partition coefficient (Wildman–Crippen LogP) is 0.343. The van der Waals surface area contributed by atoms with E-state index in [2.05, 4.69) is 4.74 Å². The molecule has 0 fully saturated rings. The molecular formula is C10H12N2O5. The highest BCUT2D eigenvalue weighted by Crippen LogP contribution is 2.26. The Morgan fingerprint density at radius 1 is 1.65 bits per heavy atom. The van der Waals surface area contributed by atoms with Gasteiger partial charge in [-0.2, -0.15) is 0 Å². The number of methoxy groups -OCH3 is 1. The van der Waals surface area contributed by atoms with Crippen LogP contribution in [0.15, 0.2) is 18.2 Å².